The minimum Gasteiger partial charge on any atom is -0.507 e. The van der Waals surface area contributed by atoms with Crippen molar-refractivity contribution in [1.29, 1.82) is 0 Å². The average Bonchev–Trinajstić information content (AvgIpc) is 2.56. The Bertz CT molecular complexity index is 749. The molecule has 2 rings (SSSR count). The number of ether oxygens (including phenoxy) is 1. The zero-order valence-electron chi connectivity index (χ0n) is 12.8. The summed E-state index contributed by atoms with van der Waals surface area (Å²) < 4.78 is 17.7. The van der Waals surface area contributed by atoms with Crippen LogP contribution < -0.4 is 0 Å². The lowest BCUT2D eigenvalue weighted by molar-refractivity contribution is -0.133. The second-order valence-corrected chi connectivity index (χ2v) is 5.55. The van der Waals surface area contributed by atoms with E-state index in [2.05, 4.69) is 0 Å². The topological polar surface area (TPSA) is 66.8 Å². The average molecular weight is 352 g/mol. The smallest absolute Gasteiger partial charge is 0.342 e. The highest BCUT2D eigenvalue weighted by Crippen LogP contribution is 2.22. The van der Waals surface area contributed by atoms with Gasteiger partial charge in [-0.25, -0.2) is 9.18 Å². The third-order valence-electron chi connectivity index (χ3n) is 3.26. The van der Waals surface area contributed by atoms with E-state index >= 15 is 0 Å². The predicted molar refractivity (Wildman–Crippen MR) is 86.3 cm³/mol. The van der Waals surface area contributed by atoms with E-state index in [0.717, 1.165) is 5.56 Å². The first-order valence-corrected chi connectivity index (χ1v) is 7.38. The molecule has 0 spiro atoms. The molecule has 0 atom stereocenters. The first kappa shape index (κ1) is 17.7. The van der Waals surface area contributed by atoms with Crippen LogP contribution >= 0.6 is 11.6 Å². The molecule has 24 heavy (non-hydrogen) atoms. The van der Waals surface area contributed by atoms with Gasteiger partial charge in [-0.1, -0.05) is 23.7 Å². The lowest BCUT2D eigenvalue weighted by atomic mass is 10.2. The van der Waals surface area contributed by atoms with Crippen LogP contribution in [-0.2, 0) is 16.1 Å². The highest BCUT2D eigenvalue weighted by atomic mass is 35.5. The van der Waals surface area contributed by atoms with Crippen molar-refractivity contribution in [1.82, 2.24) is 4.90 Å². The molecule has 0 unspecified atom stereocenters. The van der Waals surface area contributed by atoms with E-state index in [4.69, 9.17) is 16.3 Å². The van der Waals surface area contributed by atoms with E-state index in [1.54, 1.807) is 12.1 Å². The summed E-state index contributed by atoms with van der Waals surface area (Å²) in [6.07, 6.45) is 0. The molecule has 5 nitrogen and oxygen atoms in total. The molecule has 0 radical (unpaired) electrons. The van der Waals surface area contributed by atoms with Gasteiger partial charge in [-0.05, 0) is 35.9 Å². The number of aromatic hydroxyl groups is 1. The number of rotatable bonds is 5. The highest BCUT2D eigenvalue weighted by molar-refractivity contribution is 6.31. The molecule has 0 fully saturated rings. The second-order valence-electron chi connectivity index (χ2n) is 5.11. The van der Waals surface area contributed by atoms with E-state index < -0.39 is 18.5 Å². The Hall–Kier alpha value is -2.60. The Morgan fingerprint density at radius 2 is 1.88 bits per heavy atom. The van der Waals surface area contributed by atoms with Crippen molar-refractivity contribution < 1.29 is 23.8 Å². The standard InChI is InChI=1S/C17H15ClFNO4/c1-20(9-11-2-5-13(19)6-3-11)16(22)10-24-17(23)14-8-12(18)4-7-15(14)21/h2-8,21H,9-10H2,1H3. The summed E-state index contributed by atoms with van der Waals surface area (Å²) in [6, 6.07) is 9.68. The molecule has 126 valence electrons. The Morgan fingerprint density at radius 1 is 1.21 bits per heavy atom. The zero-order chi connectivity index (χ0) is 17.7. The van der Waals surface area contributed by atoms with Crippen LogP contribution in [0.25, 0.3) is 0 Å². The molecule has 0 aliphatic rings. The Kier molecular flexibility index (Phi) is 5.76. The molecule has 0 heterocycles. The van der Waals surface area contributed by atoms with E-state index in [9.17, 15) is 19.1 Å². The summed E-state index contributed by atoms with van der Waals surface area (Å²) in [5.41, 5.74) is 0.627. The number of phenols is 1. The van der Waals surface area contributed by atoms with Crippen LogP contribution in [0.3, 0.4) is 0 Å². The Morgan fingerprint density at radius 3 is 2.54 bits per heavy atom. The molecule has 2 aromatic rings. The van der Waals surface area contributed by atoms with E-state index in [1.165, 1.54) is 42.3 Å². The lowest BCUT2D eigenvalue weighted by Gasteiger charge is -2.17. The Balaban J connectivity index is 1.91. The summed E-state index contributed by atoms with van der Waals surface area (Å²) in [7, 11) is 1.54. The molecule has 0 saturated carbocycles. The molecule has 0 bridgehead atoms. The van der Waals surface area contributed by atoms with Crippen LogP contribution in [0.2, 0.25) is 5.02 Å². The van der Waals surface area contributed by atoms with Crippen LogP contribution in [0, 0.1) is 5.82 Å². The van der Waals surface area contributed by atoms with Gasteiger partial charge in [-0.2, -0.15) is 0 Å². The fourth-order valence-electron chi connectivity index (χ4n) is 1.94. The van der Waals surface area contributed by atoms with Crippen molar-refractivity contribution in [3.63, 3.8) is 0 Å². The molecular formula is C17H15ClFNO4. The number of esters is 1. The van der Waals surface area contributed by atoms with Gasteiger partial charge in [0.2, 0.25) is 0 Å². The lowest BCUT2D eigenvalue weighted by Crippen LogP contribution is -2.30. The third-order valence-corrected chi connectivity index (χ3v) is 3.50. The number of likely N-dealkylation sites (N-methyl/N-ethyl adjacent to an activating group) is 1. The first-order valence-electron chi connectivity index (χ1n) is 7.01. The molecule has 0 aliphatic heterocycles. The van der Waals surface area contributed by atoms with E-state index in [1.807, 2.05) is 0 Å². The Labute approximate surface area is 143 Å². The molecule has 0 aliphatic carbocycles. The molecular weight excluding hydrogens is 337 g/mol. The van der Waals surface area contributed by atoms with Crippen molar-refractivity contribution in [2.75, 3.05) is 13.7 Å². The van der Waals surface area contributed by atoms with Crippen molar-refractivity contribution in [3.8, 4) is 5.75 Å². The SMILES string of the molecule is CN(Cc1ccc(F)cc1)C(=O)COC(=O)c1cc(Cl)ccc1O. The predicted octanol–water partition coefficient (Wildman–Crippen LogP) is 3.00. The van der Waals surface area contributed by atoms with Crippen molar-refractivity contribution in [2.24, 2.45) is 0 Å². The van der Waals surface area contributed by atoms with Gasteiger partial charge in [0.1, 0.15) is 17.1 Å². The molecule has 0 saturated heterocycles. The summed E-state index contributed by atoms with van der Waals surface area (Å²) in [5, 5.41) is 9.88. The van der Waals surface area contributed by atoms with Gasteiger partial charge < -0.3 is 14.7 Å². The molecule has 1 amide bonds. The number of phenolic OH excluding ortho intramolecular Hbond substituents is 1. The van der Waals surface area contributed by atoms with Crippen molar-refractivity contribution in [2.45, 2.75) is 6.54 Å². The van der Waals surface area contributed by atoms with Crippen LogP contribution in [-0.4, -0.2) is 35.5 Å². The maximum absolute atomic E-state index is 12.8. The van der Waals surface area contributed by atoms with Gasteiger partial charge in [0.05, 0.1) is 0 Å². The first-order chi connectivity index (χ1) is 11.4. The molecule has 0 aromatic heterocycles. The summed E-state index contributed by atoms with van der Waals surface area (Å²) in [4.78, 5) is 25.2. The van der Waals surface area contributed by atoms with Gasteiger partial charge in [0.25, 0.3) is 5.91 Å². The number of carbonyl (C=O) groups excluding carboxylic acids is 2. The summed E-state index contributed by atoms with van der Waals surface area (Å²) in [6.45, 7) is -0.235. The number of amides is 1. The minimum absolute atomic E-state index is 0.114. The van der Waals surface area contributed by atoms with Crippen LogP contribution in [0.1, 0.15) is 15.9 Å². The van der Waals surface area contributed by atoms with Crippen molar-refractivity contribution >= 4 is 23.5 Å². The largest absolute Gasteiger partial charge is 0.507 e. The number of hydrogen-bond donors (Lipinski definition) is 1. The number of nitrogens with zero attached hydrogens (tertiary/aromatic N) is 1. The maximum atomic E-state index is 12.8. The van der Waals surface area contributed by atoms with Crippen molar-refractivity contribution in [3.05, 3.63) is 64.4 Å². The highest BCUT2D eigenvalue weighted by Gasteiger charge is 2.17. The second kappa shape index (κ2) is 7.79. The maximum Gasteiger partial charge on any atom is 0.342 e. The number of hydrogen-bond acceptors (Lipinski definition) is 4. The van der Waals surface area contributed by atoms with Crippen LogP contribution in [0.5, 0.6) is 5.75 Å². The fraction of sp³-hybridized carbons (Fsp3) is 0.176. The summed E-state index contributed by atoms with van der Waals surface area (Å²) >= 11 is 5.75. The zero-order valence-corrected chi connectivity index (χ0v) is 13.6. The normalized spacial score (nSPS) is 10.3. The van der Waals surface area contributed by atoms with Crippen LogP contribution in [0.4, 0.5) is 4.39 Å². The van der Waals surface area contributed by atoms with Gasteiger partial charge in [-0.3, -0.25) is 4.79 Å². The third kappa shape index (κ3) is 4.70. The molecule has 2 aromatic carbocycles. The van der Waals surface area contributed by atoms with Gasteiger partial charge in [-0.15, -0.1) is 0 Å². The van der Waals surface area contributed by atoms with E-state index in [0.29, 0.717) is 0 Å². The van der Waals surface area contributed by atoms with Gasteiger partial charge >= 0.3 is 5.97 Å². The van der Waals surface area contributed by atoms with Crippen LogP contribution in [0.15, 0.2) is 42.5 Å². The number of halogens is 2. The van der Waals surface area contributed by atoms with Gasteiger partial charge in [0.15, 0.2) is 6.61 Å². The van der Waals surface area contributed by atoms with E-state index in [-0.39, 0.29) is 28.7 Å². The molecule has 1 N–H and O–H groups in total. The summed E-state index contributed by atoms with van der Waals surface area (Å²) in [5.74, 6) is -1.92. The monoisotopic (exact) mass is 351 g/mol. The molecule has 7 heteroatoms. The number of carbonyl (C=O) groups is 2. The van der Waals surface area contributed by atoms with Gasteiger partial charge in [0, 0.05) is 18.6 Å². The minimum atomic E-state index is -0.849. The fourth-order valence-corrected chi connectivity index (χ4v) is 2.11. The number of benzene rings is 2. The quantitative estimate of drug-likeness (QED) is 0.841.